The summed E-state index contributed by atoms with van der Waals surface area (Å²) in [5.41, 5.74) is 0.761. The number of rotatable bonds is 2. The van der Waals surface area contributed by atoms with Crippen molar-refractivity contribution in [3.8, 4) is 0 Å². The van der Waals surface area contributed by atoms with Crippen LogP contribution in [-0.2, 0) is 0 Å². The van der Waals surface area contributed by atoms with Gasteiger partial charge >= 0.3 is 0 Å². The van der Waals surface area contributed by atoms with Crippen molar-refractivity contribution in [2.24, 2.45) is 0 Å². The number of carbonyl (C=O) groups is 1. The molecule has 1 aromatic rings. The molecule has 1 unspecified atom stereocenters. The molecule has 4 rings (SSSR count). The normalized spacial score (nSPS) is 27.6. The Morgan fingerprint density at radius 1 is 1.08 bits per heavy atom. The molecule has 1 aliphatic carbocycles. The van der Waals surface area contributed by atoms with Crippen molar-refractivity contribution >= 4 is 17.5 Å². The zero-order valence-electron chi connectivity index (χ0n) is 15.2. The number of hydrogen-bond acceptors (Lipinski definition) is 3. The highest BCUT2D eigenvalue weighted by molar-refractivity contribution is 6.30. The molecule has 2 heterocycles. The summed E-state index contributed by atoms with van der Waals surface area (Å²) in [6, 6.07) is 8.50. The van der Waals surface area contributed by atoms with Gasteiger partial charge in [0.25, 0.3) is 5.91 Å². The van der Waals surface area contributed by atoms with E-state index in [4.69, 9.17) is 11.6 Å². The van der Waals surface area contributed by atoms with Gasteiger partial charge in [-0.15, -0.1) is 0 Å². The Balaban J connectivity index is 1.50. The van der Waals surface area contributed by atoms with E-state index in [0.717, 1.165) is 37.8 Å². The van der Waals surface area contributed by atoms with Gasteiger partial charge in [0.15, 0.2) is 0 Å². The lowest BCUT2D eigenvalue weighted by molar-refractivity contribution is -0.0709. The van der Waals surface area contributed by atoms with Gasteiger partial charge in [0.05, 0.1) is 0 Å². The largest absolute Gasteiger partial charge is 0.335 e. The number of hydrogen-bond donors (Lipinski definition) is 0. The molecule has 0 bridgehead atoms. The quantitative estimate of drug-likeness (QED) is 0.809. The van der Waals surface area contributed by atoms with Crippen molar-refractivity contribution < 1.29 is 4.79 Å². The average molecular weight is 362 g/mol. The second-order valence-corrected chi connectivity index (χ2v) is 8.87. The maximum absolute atomic E-state index is 13.0. The Labute approximate surface area is 155 Å². The minimum atomic E-state index is 0.0245. The van der Waals surface area contributed by atoms with Crippen molar-refractivity contribution in [1.82, 2.24) is 14.7 Å². The van der Waals surface area contributed by atoms with E-state index < -0.39 is 0 Å². The molecule has 0 N–H and O–H groups in total. The molecule has 136 valence electrons. The van der Waals surface area contributed by atoms with Crippen molar-refractivity contribution in [1.29, 1.82) is 0 Å². The van der Waals surface area contributed by atoms with Crippen LogP contribution in [0.2, 0.25) is 5.02 Å². The number of nitrogens with zero attached hydrogens (tertiary/aromatic N) is 3. The fraction of sp³-hybridized carbons (Fsp3) is 0.650. The summed E-state index contributed by atoms with van der Waals surface area (Å²) in [6.07, 6.45) is 4.08. The molecule has 2 saturated heterocycles. The van der Waals surface area contributed by atoms with Crippen LogP contribution in [0.4, 0.5) is 0 Å². The lowest BCUT2D eigenvalue weighted by Crippen LogP contribution is -2.71. The van der Waals surface area contributed by atoms with E-state index in [1.807, 2.05) is 12.1 Å². The molecule has 1 amide bonds. The molecule has 0 spiro atoms. The Kier molecular flexibility index (Phi) is 4.55. The van der Waals surface area contributed by atoms with Gasteiger partial charge < -0.3 is 4.90 Å². The third-order valence-corrected chi connectivity index (χ3v) is 6.52. The summed E-state index contributed by atoms with van der Waals surface area (Å²) in [5.74, 6) is 0.130. The second-order valence-electron chi connectivity index (χ2n) is 8.43. The minimum absolute atomic E-state index is 0.0245. The Morgan fingerprint density at radius 2 is 1.80 bits per heavy atom. The standard InChI is InChI=1S/C20H28ClN3O/c1-20(2)14-23(19(25)15-6-8-16(21)9-7-15)13-18-12-22(10-11-24(18)20)17-4-3-5-17/h6-9,17-18H,3-5,10-14H2,1-2H3. The molecule has 5 heteroatoms. The van der Waals surface area contributed by atoms with E-state index in [-0.39, 0.29) is 11.4 Å². The van der Waals surface area contributed by atoms with E-state index in [1.54, 1.807) is 12.1 Å². The SMILES string of the molecule is CC1(C)CN(C(=O)c2ccc(Cl)cc2)CC2CN(C3CCC3)CCN21. The van der Waals surface area contributed by atoms with Gasteiger partial charge in [-0.1, -0.05) is 18.0 Å². The Bertz CT molecular complexity index is 641. The average Bonchev–Trinajstić information content (AvgIpc) is 2.52. The number of benzene rings is 1. The molecule has 3 aliphatic rings. The van der Waals surface area contributed by atoms with Crippen LogP contribution >= 0.6 is 11.6 Å². The van der Waals surface area contributed by atoms with E-state index in [0.29, 0.717) is 11.1 Å². The molecule has 4 nitrogen and oxygen atoms in total. The van der Waals surface area contributed by atoms with E-state index in [2.05, 4.69) is 28.5 Å². The highest BCUT2D eigenvalue weighted by Gasteiger charge is 2.45. The molecule has 1 atom stereocenters. The molecular formula is C20H28ClN3O. The maximum atomic E-state index is 13.0. The summed E-state index contributed by atoms with van der Waals surface area (Å²) in [5, 5.41) is 0.671. The zero-order valence-corrected chi connectivity index (χ0v) is 16.0. The summed E-state index contributed by atoms with van der Waals surface area (Å²) in [4.78, 5) is 20.4. The van der Waals surface area contributed by atoms with Crippen LogP contribution in [0.5, 0.6) is 0 Å². The molecule has 25 heavy (non-hydrogen) atoms. The summed E-state index contributed by atoms with van der Waals surface area (Å²) >= 11 is 5.97. The van der Waals surface area contributed by atoms with Crippen LogP contribution in [0.3, 0.4) is 0 Å². The van der Waals surface area contributed by atoms with Crippen LogP contribution < -0.4 is 0 Å². The van der Waals surface area contributed by atoms with E-state index >= 15 is 0 Å². The van der Waals surface area contributed by atoms with Gasteiger partial charge in [0, 0.05) is 60.9 Å². The highest BCUT2D eigenvalue weighted by atomic mass is 35.5. The van der Waals surface area contributed by atoms with Crippen molar-refractivity contribution in [2.45, 2.75) is 50.7 Å². The van der Waals surface area contributed by atoms with Crippen LogP contribution in [0.25, 0.3) is 0 Å². The van der Waals surface area contributed by atoms with Gasteiger partial charge in [-0.05, 0) is 51.0 Å². The van der Waals surface area contributed by atoms with Crippen LogP contribution in [0.1, 0.15) is 43.5 Å². The summed E-state index contributed by atoms with van der Waals surface area (Å²) in [7, 11) is 0. The van der Waals surface area contributed by atoms with Gasteiger partial charge in [0.2, 0.25) is 0 Å². The Morgan fingerprint density at radius 3 is 2.44 bits per heavy atom. The number of amides is 1. The van der Waals surface area contributed by atoms with E-state index in [9.17, 15) is 4.79 Å². The van der Waals surface area contributed by atoms with Gasteiger partial charge in [0.1, 0.15) is 0 Å². The number of piperazine rings is 2. The molecule has 0 aromatic heterocycles. The smallest absolute Gasteiger partial charge is 0.253 e. The van der Waals surface area contributed by atoms with Gasteiger partial charge in [-0.2, -0.15) is 0 Å². The molecule has 1 saturated carbocycles. The van der Waals surface area contributed by atoms with Crippen molar-refractivity contribution in [2.75, 3.05) is 32.7 Å². The maximum Gasteiger partial charge on any atom is 0.253 e. The number of halogens is 1. The monoisotopic (exact) mass is 361 g/mol. The van der Waals surface area contributed by atoms with Gasteiger partial charge in [-0.25, -0.2) is 0 Å². The number of carbonyl (C=O) groups excluding carboxylic acids is 1. The highest BCUT2D eigenvalue weighted by Crippen LogP contribution is 2.32. The zero-order chi connectivity index (χ0) is 17.6. The lowest BCUT2D eigenvalue weighted by Gasteiger charge is -2.57. The molecule has 1 aromatic carbocycles. The molecule has 3 fully saturated rings. The fourth-order valence-electron chi connectivity index (χ4n) is 4.72. The first-order chi connectivity index (χ1) is 11.9. The van der Waals surface area contributed by atoms with Crippen molar-refractivity contribution in [3.63, 3.8) is 0 Å². The van der Waals surface area contributed by atoms with Crippen molar-refractivity contribution in [3.05, 3.63) is 34.9 Å². The van der Waals surface area contributed by atoms with Gasteiger partial charge in [-0.3, -0.25) is 14.6 Å². The Hall–Kier alpha value is -1.10. The first kappa shape index (κ1) is 17.3. The fourth-order valence-corrected chi connectivity index (χ4v) is 4.85. The topological polar surface area (TPSA) is 26.8 Å². The predicted octanol–water partition coefficient (Wildman–Crippen LogP) is 3.11. The first-order valence-corrected chi connectivity index (χ1v) is 9.87. The van der Waals surface area contributed by atoms with Crippen LogP contribution in [-0.4, -0.2) is 71.0 Å². The molecule has 0 radical (unpaired) electrons. The lowest BCUT2D eigenvalue weighted by atomic mass is 9.88. The van der Waals surface area contributed by atoms with E-state index in [1.165, 1.54) is 25.8 Å². The molecule has 2 aliphatic heterocycles. The minimum Gasteiger partial charge on any atom is -0.335 e. The summed E-state index contributed by atoms with van der Waals surface area (Å²) < 4.78 is 0. The molecular weight excluding hydrogens is 334 g/mol. The van der Waals surface area contributed by atoms with Crippen LogP contribution in [0, 0.1) is 0 Å². The first-order valence-electron chi connectivity index (χ1n) is 9.50. The second kappa shape index (κ2) is 6.57. The summed E-state index contributed by atoms with van der Waals surface area (Å²) in [6.45, 7) is 9.56. The van der Waals surface area contributed by atoms with Crippen LogP contribution in [0.15, 0.2) is 24.3 Å². The predicted molar refractivity (Wildman–Crippen MR) is 101 cm³/mol. The third kappa shape index (κ3) is 3.32. The third-order valence-electron chi connectivity index (χ3n) is 6.27. The number of fused-ring (bicyclic) bond motifs is 1.